The summed E-state index contributed by atoms with van der Waals surface area (Å²) < 4.78 is 0. The van der Waals surface area contributed by atoms with E-state index < -0.39 is 0 Å². The highest BCUT2D eigenvalue weighted by molar-refractivity contribution is 5.59. The van der Waals surface area contributed by atoms with Crippen LogP contribution >= 0.6 is 0 Å². The molecule has 0 amide bonds. The van der Waals surface area contributed by atoms with Crippen molar-refractivity contribution in [2.24, 2.45) is 5.92 Å². The van der Waals surface area contributed by atoms with Crippen molar-refractivity contribution in [1.82, 2.24) is 5.48 Å². The van der Waals surface area contributed by atoms with Crippen LogP contribution in [0.2, 0.25) is 0 Å². The van der Waals surface area contributed by atoms with Crippen LogP contribution in [0.3, 0.4) is 0 Å². The van der Waals surface area contributed by atoms with Crippen LogP contribution in [0.5, 0.6) is 0 Å². The number of fused-ring (bicyclic) bond motifs is 1. The van der Waals surface area contributed by atoms with Gasteiger partial charge in [-0.3, -0.25) is 0 Å². The van der Waals surface area contributed by atoms with Gasteiger partial charge in [0.15, 0.2) is 0 Å². The van der Waals surface area contributed by atoms with Gasteiger partial charge in [0.25, 0.3) is 0 Å². The van der Waals surface area contributed by atoms with Gasteiger partial charge in [-0.1, -0.05) is 32.0 Å². The van der Waals surface area contributed by atoms with Crippen LogP contribution < -0.4 is 10.8 Å². The molecule has 0 bridgehead atoms. The number of anilines is 1. The minimum Gasteiger partial charge on any atom is -0.385 e. The van der Waals surface area contributed by atoms with E-state index >= 15 is 0 Å². The molecule has 2 N–H and O–H groups in total. The summed E-state index contributed by atoms with van der Waals surface area (Å²) in [7, 11) is 0. The lowest BCUT2D eigenvalue weighted by Crippen LogP contribution is -2.20. The van der Waals surface area contributed by atoms with Gasteiger partial charge in [-0.15, -0.1) is 0 Å². The highest BCUT2D eigenvalue weighted by atomic mass is 16.6. The summed E-state index contributed by atoms with van der Waals surface area (Å²) >= 11 is 0. The Morgan fingerprint density at radius 2 is 2.29 bits per heavy atom. The van der Waals surface area contributed by atoms with Gasteiger partial charge in [0, 0.05) is 18.8 Å². The molecular formula is C14H22N2O. The summed E-state index contributed by atoms with van der Waals surface area (Å²) in [6, 6.07) is 6.49. The van der Waals surface area contributed by atoms with Crippen LogP contribution in [0, 0.1) is 5.92 Å². The molecule has 2 rings (SSSR count). The van der Waals surface area contributed by atoms with Gasteiger partial charge in [-0.05, 0) is 29.9 Å². The summed E-state index contributed by atoms with van der Waals surface area (Å²) in [6.07, 6.45) is 2.41. The summed E-state index contributed by atoms with van der Waals surface area (Å²) in [4.78, 5) is 5.41. The molecule has 1 aromatic rings. The zero-order valence-electron chi connectivity index (χ0n) is 10.8. The van der Waals surface area contributed by atoms with E-state index in [-0.39, 0.29) is 0 Å². The summed E-state index contributed by atoms with van der Waals surface area (Å²) in [5.41, 5.74) is 7.08. The van der Waals surface area contributed by atoms with Crippen molar-refractivity contribution in [3.05, 3.63) is 29.3 Å². The number of benzene rings is 1. The maximum atomic E-state index is 5.41. The molecule has 0 saturated heterocycles. The Bertz CT molecular complexity index is 363. The molecule has 3 nitrogen and oxygen atoms in total. The molecule has 0 aromatic heterocycles. The maximum absolute atomic E-state index is 5.41. The molecule has 1 heterocycles. The van der Waals surface area contributed by atoms with Gasteiger partial charge in [0.2, 0.25) is 0 Å². The van der Waals surface area contributed by atoms with Crippen LogP contribution in [-0.2, 0) is 17.8 Å². The summed E-state index contributed by atoms with van der Waals surface area (Å²) in [6.45, 7) is 6.89. The lowest BCUT2D eigenvalue weighted by molar-refractivity contribution is 0.0197. The molecule has 1 aliphatic heterocycles. The second-order valence-corrected chi connectivity index (χ2v) is 5.01. The van der Waals surface area contributed by atoms with Crippen molar-refractivity contribution in [2.75, 3.05) is 18.5 Å². The van der Waals surface area contributed by atoms with Crippen LogP contribution in [0.15, 0.2) is 18.2 Å². The Balaban J connectivity index is 1.92. The van der Waals surface area contributed by atoms with E-state index in [9.17, 15) is 0 Å². The van der Waals surface area contributed by atoms with E-state index in [0.717, 1.165) is 19.7 Å². The average Bonchev–Trinajstić information content (AvgIpc) is 2.34. The number of para-hydroxylation sites is 1. The third-order valence-corrected chi connectivity index (χ3v) is 2.94. The molecular weight excluding hydrogens is 212 g/mol. The quantitative estimate of drug-likeness (QED) is 0.607. The standard InChI is InChI=1S/C14H22N2O/c1-11(2)10-17-16-9-13-6-3-5-12-7-4-8-15-14(12)13/h3,5-6,11,15-16H,4,7-10H2,1-2H3. The molecule has 0 fully saturated rings. The molecule has 0 saturated carbocycles. The van der Waals surface area contributed by atoms with E-state index in [1.165, 1.54) is 29.7 Å². The Kier molecular flexibility index (Phi) is 4.40. The molecule has 94 valence electrons. The Hall–Kier alpha value is -1.06. The molecule has 0 radical (unpaired) electrons. The largest absolute Gasteiger partial charge is 0.385 e. The lowest BCUT2D eigenvalue weighted by atomic mass is 9.99. The second kappa shape index (κ2) is 6.03. The molecule has 0 unspecified atom stereocenters. The van der Waals surface area contributed by atoms with E-state index in [4.69, 9.17) is 4.84 Å². The number of rotatable bonds is 5. The first kappa shape index (κ1) is 12.4. The first-order valence-electron chi connectivity index (χ1n) is 6.46. The minimum atomic E-state index is 0.560. The van der Waals surface area contributed by atoms with E-state index in [1.807, 2.05) is 0 Å². The Labute approximate surface area is 104 Å². The minimum absolute atomic E-state index is 0.560. The van der Waals surface area contributed by atoms with Crippen LogP contribution in [0.1, 0.15) is 31.4 Å². The Morgan fingerprint density at radius 3 is 3.12 bits per heavy atom. The first-order chi connectivity index (χ1) is 8.27. The van der Waals surface area contributed by atoms with Gasteiger partial charge in [-0.2, -0.15) is 5.48 Å². The second-order valence-electron chi connectivity index (χ2n) is 5.01. The topological polar surface area (TPSA) is 33.3 Å². The summed E-state index contributed by atoms with van der Waals surface area (Å²) in [5, 5.41) is 3.49. The fourth-order valence-electron chi connectivity index (χ4n) is 2.08. The predicted molar refractivity (Wildman–Crippen MR) is 70.9 cm³/mol. The van der Waals surface area contributed by atoms with Crippen LogP contribution in [0.4, 0.5) is 5.69 Å². The first-order valence-corrected chi connectivity index (χ1v) is 6.46. The molecule has 1 aliphatic rings. The van der Waals surface area contributed by atoms with E-state index in [0.29, 0.717) is 5.92 Å². The van der Waals surface area contributed by atoms with Crippen molar-refractivity contribution in [2.45, 2.75) is 33.2 Å². The zero-order valence-corrected chi connectivity index (χ0v) is 10.8. The number of nitrogens with one attached hydrogen (secondary N) is 2. The lowest BCUT2D eigenvalue weighted by Gasteiger charge is -2.21. The molecule has 0 aliphatic carbocycles. The highest BCUT2D eigenvalue weighted by Gasteiger charge is 2.11. The predicted octanol–water partition coefficient (Wildman–Crippen LogP) is 2.72. The van der Waals surface area contributed by atoms with Gasteiger partial charge in [0.05, 0.1) is 6.61 Å². The monoisotopic (exact) mass is 234 g/mol. The van der Waals surface area contributed by atoms with Crippen molar-refractivity contribution in [3.8, 4) is 0 Å². The number of hydrogen-bond donors (Lipinski definition) is 2. The highest BCUT2D eigenvalue weighted by Crippen LogP contribution is 2.25. The molecule has 1 aromatic carbocycles. The fourth-order valence-corrected chi connectivity index (χ4v) is 2.08. The van der Waals surface area contributed by atoms with Gasteiger partial charge < -0.3 is 10.2 Å². The Morgan fingerprint density at radius 1 is 1.41 bits per heavy atom. The van der Waals surface area contributed by atoms with Gasteiger partial charge in [0.1, 0.15) is 0 Å². The van der Waals surface area contributed by atoms with Crippen LogP contribution in [0.25, 0.3) is 0 Å². The maximum Gasteiger partial charge on any atom is 0.0705 e. The molecule has 0 atom stereocenters. The molecule has 17 heavy (non-hydrogen) atoms. The van der Waals surface area contributed by atoms with Crippen molar-refractivity contribution in [3.63, 3.8) is 0 Å². The van der Waals surface area contributed by atoms with Gasteiger partial charge in [-0.25, -0.2) is 0 Å². The third kappa shape index (κ3) is 3.45. The van der Waals surface area contributed by atoms with E-state index in [2.05, 4.69) is 42.8 Å². The van der Waals surface area contributed by atoms with E-state index in [1.54, 1.807) is 0 Å². The van der Waals surface area contributed by atoms with Crippen molar-refractivity contribution >= 4 is 5.69 Å². The van der Waals surface area contributed by atoms with Crippen LogP contribution in [-0.4, -0.2) is 13.2 Å². The summed E-state index contributed by atoms with van der Waals surface area (Å²) in [5.74, 6) is 0.560. The molecule has 0 spiro atoms. The van der Waals surface area contributed by atoms with Crippen molar-refractivity contribution in [1.29, 1.82) is 0 Å². The molecule has 3 heteroatoms. The number of hydrogen-bond acceptors (Lipinski definition) is 3. The number of hydroxylamine groups is 1. The number of aryl methyl sites for hydroxylation is 1. The van der Waals surface area contributed by atoms with Gasteiger partial charge >= 0.3 is 0 Å². The third-order valence-electron chi connectivity index (χ3n) is 2.94. The average molecular weight is 234 g/mol. The SMILES string of the molecule is CC(C)CONCc1cccc2c1NCCC2. The zero-order chi connectivity index (χ0) is 12.1. The normalized spacial score (nSPS) is 14.5. The fraction of sp³-hybridized carbons (Fsp3) is 0.571. The van der Waals surface area contributed by atoms with Crippen molar-refractivity contribution < 1.29 is 4.84 Å². The smallest absolute Gasteiger partial charge is 0.0705 e.